The number of hydrogen-bond acceptors (Lipinski definition) is 3. The molecule has 1 aliphatic rings. The zero-order valence-electron chi connectivity index (χ0n) is 10.9. The Bertz CT molecular complexity index is 551. The summed E-state index contributed by atoms with van der Waals surface area (Å²) < 4.78 is 0.872. The predicted molar refractivity (Wildman–Crippen MR) is 80.4 cm³/mol. The number of halogens is 2. The van der Waals surface area contributed by atoms with Crippen molar-refractivity contribution in [2.24, 2.45) is 4.99 Å². The molecular weight excluding hydrogens is 330 g/mol. The van der Waals surface area contributed by atoms with Gasteiger partial charge in [-0.25, -0.2) is 4.99 Å². The van der Waals surface area contributed by atoms with Crippen LogP contribution in [0.2, 0.25) is 5.02 Å². The summed E-state index contributed by atoms with van der Waals surface area (Å²) in [5.74, 6) is 0.317. The van der Waals surface area contributed by atoms with Crippen LogP contribution in [0.3, 0.4) is 0 Å². The molecular formula is C13H15BrClN3O. The maximum Gasteiger partial charge on any atom is 0.256 e. The summed E-state index contributed by atoms with van der Waals surface area (Å²) in [6.07, 6.45) is 0. The maximum absolute atomic E-state index is 12.0. The summed E-state index contributed by atoms with van der Waals surface area (Å²) in [6.45, 7) is 6.00. The summed E-state index contributed by atoms with van der Waals surface area (Å²) in [7, 11) is 0. The second-order valence-corrected chi connectivity index (χ2v) is 6.73. The third kappa shape index (κ3) is 3.48. The third-order valence-electron chi connectivity index (χ3n) is 2.50. The van der Waals surface area contributed by atoms with Crippen molar-refractivity contribution in [3.05, 3.63) is 33.3 Å². The number of carbonyl (C=O) groups is 1. The first kappa shape index (κ1) is 14.3. The molecule has 0 saturated carbocycles. The normalized spacial score (nSPS) is 19.1. The fourth-order valence-corrected chi connectivity index (χ4v) is 2.53. The van der Waals surface area contributed by atoms with Gasteiger partial charge in [-0.05, 0) is 32.9 Å². The van der Waals surface area contributed by atoms with Gasteiger partial charge >= 0.3 is 0 Å². The average molecular weight is 345 g/mol. The van der Waals surface area contributed by atoms with E-state index in [9.17, 15) is 4.79 Å². The number of guanidine groups is 1. The lowest BCUT2D eigenvalue weighted by molar-refractivity contribution is -0.120. The number of hydrogen-bond donors (Lipinski definition) is 2. The van der Waals surface area contributed by atoms with E-state index in [1.807, 2.05) is 26.8 Å². The summed E-state index contributed by atoms with van der Waals surface area (Å²) in [6, 6.07) is 4.82. The van der Waals surface area contributed by atoms with Gasteiger partial charge in [0.05, 0.1) is 0 Å². The van der Waals surface area contributed by atoms with Gasteiger partial charge in [0, 0.05) is 20.6 Å². The van der Waals surface area contributed by atoms with Crippen molar-refractivity contribution < 1.29 is 4.79 Å². The van der Waals surface area contributed by atoms with Gasteiger partial charge in [-0.3, -0.25) is 10.1 Å². The van der Waals surface area contributed by atoms with Gasteiger partial charge < -0.3 is 5.32 Å². The lowest BCUT2D eigenvalue weighted by Crippen LogP contribution is -2.46. The molecule has 2 rings (SSSR count). The van der Waals surface area contributed by atoms with Crippen molar-refractivity contribution in [1.82, 2.24) is 10.6 Å². The Hall–Kier alpha value is -1.07. The summed E-state index contributed by atoms with van der Waals surface area (Å²) >= 11 is 9.49. The number of amides is 1. The summed E-state index contributed by atoms with van der Waals surface area (Å²) in [4.78, 5) is 16.3. The van der Waals surface area contributed by atoms with Crippen molar-refractivity contribution in [1.29, 1.82) is 0 Å². The predicted octanol–water partition coefficient (Wildman–Crippen LogP) is 3.02. The molecule has 1 aliphatic heterocycles. The molecule has 2 N–H and O–H groups in total. The van der Waals surface area contributed by atoms with E-state index in [0.717, 1.165) is 4.47 Å². The molecule has 4 nitrogen and oxygen atoms in total. The Morgan fingerprint density at radius 3 is 2.68 bits per heavy atom. The number of nitrogens with zero attached hydrogens (tertiary/aromatic N) is 1. The molecule has 1 aromatic carbocycles. The zero-order valence-corrected chi connectivity index (χ0v) is 13.3. The van der Waals surface area contributed by atoms with Crippen molar-refractivity contribution >= 4 is 39.4 Å². The summed E-state index contributed by atoms with van der Waals surface area (Å²) in [5.41, 5.74) is 0.540. The quantitative estimate of drug-likeness (QED) is 0.823. The first-order valence-electron chi connectivity index (χ1n) is 5.88. The van der Waals surface area contributed by atoms with Crippen LogP contribution in [0, 0.1) is 0 Å². The van der Waals surface area contributed by atoms with Crippen molar-refractivity contribution in [3.63, 3.8) is 0 Å². The molecule has 0 saturated heterocycles. The zero-order chi connectivity index (χ0) is 14.2. The van der Waals surface area contributed by atoms with Gasteiger partial charge in [0.25, 0.3) is 5.91 Å². The van der Waals surface area contributed by atoms with E-state index in [4.69, 9.17) is 11.6 Å². The Balaban J connectivity index is 2.27. The van der Waals surface area contributed by atoms with E-state index in [1.54, 1.807) is 12.1 Å². The van der Waals surface area contributed by atoms with Crippen LogP contribution in [0.25, 0.3) is 0 Å². The van der Waals surface area contributed by atoms with Gasteiger partial charge in [0.2, 0.25) is 0 Å². The molecule has 0 aliphatic carbocycles. The van der Waals surface area contributed by atoms with Gasteiger partial charge in [-0.1, -0.05) is 33.6 Å². The minimum absolute atomic E-state index is 0.162. The number of aliphatic imine (C=N–C) groups is 1. The second-order valence-electron chi connectivity index (χ2n) is 5.41. The topological polar surface area (TPSA) is 53.5 Å². The van der Waals surface area contributed by atoms with Crippen LogP contribution in [0.5, 0.6) is 0 Å². The number of carbonyl (C=O) groups excluding carboxylic acids is 1. The van der Waals surface area contributed by atoms with Gasteiger partial charge in [-0.2, -0.15) is 0 Å². The fourth-order valence-electron chi connectivity index (χ4n) is 1.76. The highest BCUT2D eigenvalue weighted by Gasteiger charge is 2.30. The molecule has 6 heteroatoms. The van der Waals surface area contributed by atoms with Crippen molar-refractivity contribution in [2.45, 2.75) is 32.4 Å². The molecule has 0 bridgehead atoms. The standard InChI is InChI=1S/C13H15BrClN3O/c1-13(2,3)18-12-16-10(11(19)17-12)8-5-4-7(14)6-9(8)15/h4-6,10H,1-3H3,(H2,16,17,18,19). The number of benzene rings is 1. The van der Waals surface area contributed by atoms with Gasteiger partial charge in [0.15, 0.2) is 12.0 Å². The first-order chi connectivity index (χ1) is 8.76. The summed E-state index contributed by atoms with van der Waals surface area (Å²) in [5, 5.41) is 6.40. The van der Waals surface area contributed by atoms with Crippen LogP contribution < -0.4 is 10.6 Å². The fraction of sp³-hybridized carbons (Fsp3) is 0.385. The Morgan fingerprint density at radius 1 is 1.42 bits per heavy atom. The van der Waals surface area contributed by atoms with Crippen LogP contribution in [-0.2, 0) is 4.79 Å². The SMILES string of the molecule is CC(C)(C)NC1=NC(c2ccc(Br)cc2Cl)C(=O)N1. The molecule has 0 radical (unpaired) electrons. The minimum atomic E-state index is -0.592. The average Bonchev–Trinajstić information content (AvgIpc) is 2.56. The van der Waals surface area contributed by atoms with E-state index in [0.29, 0.717) is 16.5 Å². The highest BCUT2D eigenvalue weighted by Crippen LogP contribution is 2.30. The Labute approximate surface area is 125 Å². The molecule has 0 spiro atoms. The Morgan fingerprint density at radius 2 is 2.11 bits per heavy atom. The molecule has 102 valence electrons. The van der Waals surface area contributed by atoms with E-state index >= 15 is 0 Å². The highest BCUT2D eigenvalue weighted by molar-refractivity contribution is 9.10. The minimum Gasteiger partial charge on any atom is -0.351 e. The van der Waals surface area contributed by atoms with Crippen LogP contribution >= 0.6 is 27.5 Å². The van der Waals surface area contributed by atoms with E-state index < -0.39 is 6.04 Å². The molecule has 19 heavy (non-hydrogen) atoms. The van der Waals surface area contributed by atoms with Crippen LogP contribution in [0.4, 0.5) is 0 Å². The van der Waals surface area contributed by atoms with Crippen LogP contribution in [0.15, 0.2) is 27.7 Å². The molecule has 0 fully saturated rings. The van der Waals surface area contributed by atoms with Gasteiger partial charge in [0.1, 0.15) is 0 Å². The second kappa shape index (κ2) is 5.13. The largest absolute Gasteiger partial charge is 0.351 e. The molecule has 1 heterocycles. The van der Waals surface area contributed by atoms with Crippen LogP contribution in [-0.4, -0.2) is 17.4 Å². The number of rotatable bonds is 1. The lowest BCUT2D eigenvalue weighted by Gasteiger charge is -2.21. The Kier molecular flexibility index (Phi) is 3.87. The molecule has 1 aromatic rings. The molecule has 0 aromatic heterocycles. The maximum atomic E-state index is 12.0. The third-order valence-corrected chi connectivity index (χ3v) is 3.32. The van der Waals surface area contributed by atoms with E-state index in [1.165, 1.54) is 0 Å². The van der Waals surface area contributed by atoms with Crippen LogP contribution in [0.1, 0.15) is 32.4 Å². The first-order valence-corrected chi connectivity index (χ1v) is 7.05. The van der Waals surface area contributed by atoms with E-state index in [-0.39, 0.29) is 11.4 Å². The lowest BCUT2D eigenvalue weighted by atomic mass is 10.1. The number of nitrogens with one attached hydrogen (secondary N) is 2. The highest BCUT2D eigenvalue weighted by atomic mass is 79.9. The van der Waals surface area contributed by atoms with Crippen molar-refractivity contribution in [3.8, 4) is 0 Å². The van der Waals surface area contributed by atoms with E-state index in [2.05, 4.69) is 31.6 Å². The van der Waals surface area contributed by atoms with Gasteiger partial charge in [-0.15, -0.1) is 0 Å². The molecule has 1 unspecified atom stereocenters. The smallest absolute Gasteiger partial charge is 0.256 e. The molecule has 1 atom stereocenters. The van der Waals surface area contributed by atoms with Crippen molar-refractivity contribution in [2.75, 3.05) is 0 Å². The monoisotopic (exact) mass is 343 g/mol. The molecule has 1 amide bonds.